The van der Waals surface area contributed by atoms with Crippen molar-refractivity contribution in [2.24, 2.45) is 0 Å². The quantitative estimate of drug-likeness (QED) is 0.421. The first-order valence-electron chi connectivity index (χ1n) is 1.77. The normalized spacial score (nSPS) is 20.0. The number of hydrogen-bond acceptors (Lipinski definition) is 2. The molecular formula is C4H5O2. The zero-order chi connectivity index (χ0) is 4.24. The Morgan fingerprint density at radius 2 is 2.67 bits per heavy atom. The molecule has 6 heavy (non-hydrogen) atoms. The van der Waals surface area contributed by atoms with Crippen LogP contribution in [0.2, 0.25) is 0 Å². The molecule has 1 heterocycles. The molecule has 1 aliphatic rings. The van der Waals surface area contributed by atoms with Crippen LogP contribution in [0.4, 0.5) is 0 Å². The summed E-state index contributed by atoms with van der Waals surface area (Å²) < 4.78 is 9.27. The Hall–Kier alpha value is -0.500. The molecule has 1 radical (unpaired) electrons. The SMILES string of the molecule is [C]1=CCOCO1. The highest BCUT2D eigenvalue weighted by molar-refractivity contribution is 4.66. The van der Waals surface area contributed by atoms with E-state index >= 15 is 0 Å². The summed E-state index contributed by atoms with van der Waals surface area (Å²) >= 11 is 0. The summed E-state index contributed by atoms with van der Waals surface area (Å²) in [7, 11) is 0. The second-order valence-electron chi connectivity index (χ2n) is 0.955. The zero-order valence-electron chi connectivity index (χ0n) is 3.31. The van der Waals surface area contributed by atoms with Crippen molar-refractivity contribution in [1.82, 2.24) is 0 Å². The van der Waals surface area contributed by atoms with Gasteiger partial charge in [0.15, 0.2) is 13.1 Å². The van der Waals surface area contributed by atoms with Gasteiger partial charge < -0.3 is 9.47 Å². The topological polar surface area (TPSA) is 18.5 Å². The molecule has 0 atom stereocenters. The van der Waals surface area contributed by atoms with Crippen molar-refractivity contribution >= 4 is 0 Å². The molecule has 0 amide bonds. The van der Waals surface area contributed by atoms with E-state index in [0.29, 0.717) is 13.4 Å². The molecule has 2 heteroatoms. The van der Waals surface area contributed by atoms with Gasteiger partial charge in [0.25, 0.3) is 0 Å². The lowest BCUT2D eigenvalue weighted by Crippen LogP contribution is -2.00. The van der Waals surface area contributed by atoms with Crippen molar-refractivity contribution < 1.29 is 9.47 Å². The summed E-state index contributed by atoms with van der Waals surface area (Å²) in [5.41, 5.74) is 0. The lowest BCUT2D eigenvalue weighted by molar-refractivity contribution is -0.0242. The summed E-state index contributed by atoms with van der Waals surface area (Å²) in [6.07, 6.45) is 4.23. The first kappa shape index (κ1) is 3.68. The van der Waals surface area contributed by atoms with Crippen molar-refractivity contribution in [3.8, 4) is 0 Å². The Bertz CT molecular complexity index is 50.6. The van der Waals surface area contributed by atoms with Gasteiger partial charge in [-0.15, -0.1) is 0 Å². The zero-order valence-corrected chi connectivity index (χ0v) is 3.31. The molecule has 0 aromatic rings. The molecule has 0 N–H and O–H groups in total. The standard InChI is InChI=1S/C4H5O2/c1-2-5-4-6-3-1/h1H,2,4H2. The predicted octanol–water partition coefficient (Wildman–Crippen LogP) is 0.308. The molecule has 0 saturated heterocycles. The van der Waals surface area contributed by atoms with Gasteiger partial charge in [-0.3, -0.25) is 0 Å². The van der Waals surface area contributed by atoms with Crippen LogP contribution in [0.3, 0.4) is 0 Å². The van der Waals surface area contributed by atoms with E-state index in [-0.39, 0.29) is 0 Å². The fraction of sp³-hybridized carbons (Fsp3) is 0.500. The van der Waals surface area contributed by atoms with Gasteiger partial charge in [-0.05, 0) is 6.08 Å². The van der Waals surface area contributed by atoms with Crippen LogP contribution in [0.5, 0.6) is 0 Å². The third-order valence-corrected chi connectivity index (χ3v) is 0.510. The van der Waals surface area contributed by atoms with E-state index in [9.17, 15) is 0 Å². The molecule has 0 aliphatic carbocycles. The summed E-state index contributed by atoms with van der Waals surface area (Å²) in [6, 6.07) is 0. The Morgan fingerprint density at radius 1 is 1.67 bits per heavy atom. The molecule has 2 nitrogen and oxygen atoms in total. The molecule has 0 aromatic carbocycles. The van der Waals surface area contributed by atoms with Crippen LogP contribution in [0.15, 0.2) is 6.08 Å². The van der Waals surface area contributed by atoms with Gasteiger partial charge in [0.05, 0.1) is 6.61 Å². The lowest BCUT2D eigenvalue weighted by atomic mass is 10.7. The first-order chi connectivity index (χ1) is 3.00. The summed E-state index contributed by atoms with van der Waals surface area (Å²) in [5, 5.41) is 0. The molecule has 1 aliphatic heterocycles. The minimum absolute atomic E-state index is 0.358. The summed E-state index contributed by atoms with van der Waals surface area (Å²) in [4.78, 5) is 0. The monoisotopic (exact) mass is 85.0 g/mol. The highest BCUT2D eigenvalue weighted by atomic mass is 16.7. The van der Waals surface area contributed by atoms with Gasteiger partial charge in [-0.1, -0.05) is 0 Å². The molecule has 0 spiro atoms. The van der Waals surface area contributed by atoms with E-state index in [0.717, 1.165) is 0 Å². The molecule has 0 saturated carbocycles. The Morgan fingerprint density at radius 3 is 2.83 bits per heavy atom. The second kappa shape index (κ2) is 1.82. The molecular weight excluding hydrogens is 80.0 g/mol. The highest BCUT2D eigenvalue weighted by Crippen LogP contribution is 1.86. The molecule has 0 bridgehead atoms. The molecule has 1 rings (SSSR count). The van der Waals surface area contributed by atoms with Crippen LogP contribution in [0.25, 0.3) is 0 Å². The van der Waals surface area contributed by atoms with E-state index in [2.05, 4.69) is 11.0 Å². The van der Waals surface area contributed by atoms with Crippen LogP contribution in [0, 0.1) is 6.26 Å². The van der Waals surface area contributed by atoms with Gasteiger partial charge >= 0.3 is 0 Å². The van der Waals surface area contributed by atoms with Crippen molar-refractivity contribution in [3.05, 3.63) is 12.3 Å². The van der Waals surface area contributed by atoms with Crippen LogP contribution in [-0.4, -0.2) is 13.4 Å². The number of rotatable bonds is 0. The fourth-order valence-corrected chi connectivity index (χ4v) is 0.276. The van der Waals surface area contributed by atoms with Crippen molar-refractivity contribution in [1.29, 1.82) is 0 Å². The third-order valence-electron chi connectivity index (χ3n) is 0.510. The number of hydrogen-bond donors (Lipinski definition) is 0. The largest absolute Gasteiger partial charge is 0.464 e. The maximum Gasteiger partial charge on any atom is 0.189 e. The maximum atomic E-state index is 4.73. The van der Waals surface area contributed by atoms with E-state index in [1.807, 2.05) is 0 Å². The van der Waals surface area contributed by atoms with Crippen molar-refractivity contribution in [3.63, 3.8) is 0 Å². The number of ether oxygens (including phenoxy) is 2. The van der Waals surface area contributed by atoms with E-state index in [1.165, 1.54) is 0 Å². The summed E-state index contributed by atoms with van der Waals surface area (Å²) in [6.45, 7) is 0.997. The molecule has 0 aromatic heterocycles. The molecule has 33 valence electrons. The van der Waals surface area contributed by atoms with E-state index < -0.39 is 0 Å². The third kappa shape index (κ3) is 0.723. The molecule has 0 unspecified atom stereocenters. The van der Waals surface area contributed by atoms with Gasteiger partial charge in [-0.25, -0.2) is 0 Å². The minimum Gasteiger partial charge on any atom is -0.464 e. The van der Waals surface area contributed by atoms with Gasteiger partial charge in [0.2, 0.25) is 0 Å². The van der Waals surface area contributed by atoms with Gasteiger partial charge in [-0.2, -0.15) is 0 Å². The van der Waals surface area contributed by atoms with Gasteiger partial charge in [0, 0.05) is 0 Å². The first-order valence-corrected chi connectivity index (χ1v) is 1.77. The van der Waals surface area contributed by atoms with Crippen LogP contribution in [-0.2, 0) is 9.47 Å². The van der Waals surface area contributed by atoms with E-state index in [4.69, 9.17) is 4.74 Å². The average Bonchev–Trinajstić information content (AvgIpc) is 1.72. The van der Waals surface area contributed by atoms with E-state index in [1.54, 1.807) is 6.08 Å². The average molecular weight is 85.1 g/mol. The predicted molar refractivity (Wildman–Crippen MR) is 19.7 cm³/mol. The highest BCUT2D eigenvalue weighted by Gasteiger charge is 1.86. The van der Waals surface area contributed by atoms with Crippen LogP contribution < -0.4 is 0 Å². The van der Waals surface area contributed by atoms with Crippen molar-refractivity contribution in [2.45, 2.75) is 0 Å². The Kier molecular flexibility index (Phi) is 1.12. The fourth-order valence-electron chi connectivity index (χ4n) is 0.276. The molecule has 0 fully saturated rings. The Labute approximate surface area is 36.4 Å². The van der Waals surface area contributed by atoms with Crippen molar-refractivity contribution in [2.75, 3.05) is 13.4 Å². The van der Waals surface area contributed by atoms with Crippen LogP contribution >= 0.6 is 0 Å². The second-order valence-corrected chi connectivity index (χ2v) is 0.955. The lowest BCUT2D eigenvalue weighted by Gasteiger charge is -2.02. The van der Waals surface area contributed by atoms with Crippen LogP contribution in [0.1, 0.15) is 0 Å². The Balaban J connectivity index is 2.26. The van der Waals surface area contributed by atoms with Gasteiger partial charge in [0.1, 0.15) is 0 Å². The smallest absolute Gasteiger partial charge is 0.189 e. The minimum atomic E-state index is 0.358. The summed E-state index contributed by atoms with van der Waals surface area (Å²) in [5.74, 6) is 0. The maximum absolute atomic E-state index is 4.73.